The van der Waals surface area contributed by atoms with Crippen molar-refractivity contribution in [2.24, 2.45) is 0 Å². The van der Waals surface area contributed by atoms with Gasteiger partial charge in [-0.25, -0.2) is 8.42 Å². The average Bonchev–Trinajstić information content (AvgIpc) is 3.18. The summed E-state index contributed by atoms with van der Waals surface area (Å²) in [6.45, 7) is 3.13. The molecule has 1 heterocycles. The molecule has 0 amide bonds. The lowest BCUT2D eigenvalue weighted by Crippen LogP contribution is -2.26. The zero-order valence-electron chi connectivity index (χ0n) is 18.8. The number of aromatic amines is 1. The van der Waals surface area contributed by atoms with E-state index >= 15 is 0 Å². The first kappa shape index (κ1) is 25.3. The molecule has 0 saturated carbocycles. The number of anilines is 1. The number of rotatable bonds is 10. The zero-order valence-corrected chi connectivity index (χ0v) is 21.1. The molecule has 184 valence electrons. The zero-order chi connectivity index (χ0) is 25.0. The highest BCUT2D eigenvalue weighted by atomic mass is 35.5. The van der Waals surface area contributed by atoms with Gasteiger partial charge in [-0.15, -0.1) is 0 Å². The number of nitrogens with zero attached hydrogens (tertiary/aromatic N) is 1. The summed E-state index contributed by atoms with van der Waals surface area (Å²) in [5.41, 5.74) is 2.72. The van der Waals surface area contributed by atoms with E-state index < -0.39 is 16.1 Å². The smallest absolute Gasteiger partial charge is 0.261 e. The summed E-state index contributed by atoms with van der Waals surface area (Å²) in [5.74, 6) is 0.726. The Morgan fingerprint density at radius 2 is 1.86 bits per heavy atom. The van der Waals surface area contributed by atoms with Crippen molar-refractivity contribution in [3.05, 3.63) is 82.0 Å². The molecule has 1 aromatic heterocycles. The fourth-order valence-corrected chi connectivity index (χ4v) is 5.31. The summed E-state index contributed by atoms with van der Waals surface area (Å²) < 4.78 is 33.6. The third-order valence-corrected chi connectivity index (χ3v) is 7.08. The molecule has 4 rings (SSSR count). The van der Waals surface area contributed by atoms with E-state index in [0.717, 1.165) is 22.3 Å². The number of hydrogen-bond acceptors (Lipinski definition) is 6. The second kappa shape index (κ2) is 10.8. The molecule has 1 unspecified atom stereocenters. The Hall–Kier alpha value is -2.82. The Morgan fingerprint density at radius 1 is 1.09 bits per heavy atom. The molecule has 0 aliphatic carbocycles. The van der Waals surface area contributed by atoms with Crippen LogP contribution in [0, 0.1) is 6.92 Å². The van der Waals surface area contributed by atoms with E-state index in [1.165, 1.54) is 18.2 Å². The van der Waals surface area contributed by atoms with Crippen LogP contribution in [0.3, 0.4) is 0 Å². The molecule has 35 heavy (non-hydrogen) atoms. The van der Waals surface area contributed by atoms with Crippen LogP contribution < -0.4 is 14.8 Å². The highest BCUT2D eigenvalue weighted by molar-refractivity contribution is 7.92. The van der Waals surface area contributed by atoms with Gasteiger partial charge in [0.1, 0.15) is 12.4 Å². The lowest BCUT2D eigenvalue weighted by Gasteiger charge is -2.15. The normalized spacial score (nSPS) is 12.6. The third-order valence-electron chi connectivity index (χ3n) is 5.28. The van der Waals surface area contributed by atoms with Crippen LogP contribution in [0.1, 0.15) is 17.4 Å². The number of ether oxygens (including phenoxy) is 1. The van der Waals surface area contributed by atoms with Crippen LogP contribution in [0.2, 0.25) is 10.0 Å². The van der Waals surface area contributed by atoms with E-state index in [4.69, 9.17) is 27.9 Å². The standard InChI is InChI=1S/C24H24Cl2N4O4S/c1-15-22-6-5-20(13-23(22)29-28-15)34-8-7-27-14-24(31)16-3-2-4-19(9-16)30-35(32,33)21-11-17(25)10-18(26)12-21/h2-6,9-13,24,27,30-31H,7-8,14H2,1H3,(H,28,29). The number of benzene rings is 3. The fourth-order valence-electron chi connectivity index (χ4n) is 3.53. The van der Waals surface area contributed by atoms with E-state index in [1.54, 1.807) is 24.3 Å². The summed E-state index contributed by atoms with van der Waals surface area (Å²) >= 11 is 11.9. The highest BCUT2D eigenvalue weighted by Crippen LogP contribution is 2.25. The number of halogens is 2. The van der Waals surface area contributed by atoms with Gasteiger partial charge in [0, 0.05) is 40.3 Å². The minimum Gasteiger partial charge on any atom is -0.492 e. The predicted octanol–water partition coefficient (Wildman–Crippen LogP) is 4.68. The van der Waals surface area contributed by atoms with Crippen molar-refractivity contribution in [1.82, 2.24) is 15.5 Å². The van der Waals surface area contributed by atoms with Gasteiger partial charge in [0.2, 0.25) is 0 Å². The monoisotopic (exact) mass is 534 g/mol. The summed E-state index contributed by atoms with van der Waals surface area (Å²) in [6.07, 6.45) is -0.843. The number of aromatic nitrogens is 2. The minimum atomic E-state index is -3.90. The van der Waals surface area contributed by atoms with Crippen molar-refractivity contribution in [3.8, 4) is 5.75 Å². The SMILES string of the molecule is Cc1n[nH]c2cc(OCCNCC(O)c3cccc(NS(=O)(=O)c4cc(Cl)cc(Cl)c4)c3)ccc12. The maximum atomic E-state index is 12.7. The number of fused-ring (bicyclic) bond motifs is 1. The molecule has 0 aliphatic rings. The molecule has 0 radical (unpaired) electrons. The third kappa shape index (κ3) is 6.45. The van der Waals surface area contributed by atoms with Crippen molar-refractivity contribution >= 4 is 49.8 Å². The van der Waals surface area contributed by atoms with Gasteiger partial charge in [-0.2, -0.15) is 5.10 Å². The highest BCUT2D eigenvalue weighted by Gasteiger charge is 2.17. The predicted molar refractivity (Wildman–Crippen MR) is 138 cm³/mol. The molecule has 1 atom stereocenters. The molecule has 0 bridgehead atoms. The average molecular weight is 535 g/mol. The first-order valence-corrected chi connectivity index (χ1v) is 13.0. The number of aliphatic hydroxyl groups is 1. The molecular weight excluding hydrogens is 511 g/mol. The molecule has 0 fully saturated rings. The van der Waals surface area contributed by atoms with E-state index in [9.17, 15) is 13.5 Å². The van der Waals surface area contributed by atoms with Gasteiger partial charge >= 0.3 is 0 Å². The summed E-state index contributed by atoms with van der Waals surface area (Å²) in [7, 11) is -3.90. The number of hydrogen-bond donors (Lipinski definition) is 4. The molecule has 11 heteroatoms. The number of aryl methyl sites for hydroxylation is 1. The summed E-state index contributed by atoms with van der Waals surface area (Å²) in [4.78, 5) is -0.0515. The van der Waals surface area contributed by atoms with Crippen LogP contribution in [0.4, 0.5) is 5.69 Å². The Morgan fingerprint density at radius 3 is 2.63 bits per heavy atom. The second-order valence-electron chi connectivity index (χ2n) is 7.92. The number of aliphatic hydroxyl groups excluding tert-OH is 1. The van der Waals surface area contributed by atoms with E-state index in [-0.39, 0.29) is 21.5 Å². The largest absolute Gasteiger partial charge is 0.492 e. The molecule has 8 nitrogen and oxygen atoms in total. The number of nitrogens with one attached hydrogen (secondary N) is 3. The van der Waals surface area contributed by atoms with Crippen molar-refractivity contribution in [1.29, 1.82) is 0 Å². The maximum absolute atomic E-state index is 12.7. The van der Waals surface area contributed by atoms with Gasteiger partial charge < -0.3 is 15.2 Å². The van der Waals surface area contributed by atoms with Crippen molar-refractivity contribution in [3.63, 3.8) is 0 Å². The van der Waals surface area contributed by atoms with Gasteiger partial charge in [0.25, 0.3) is 10.0 Å². The van der Waals surface area contributed by atoms with Crippen LogP contribution in [-0.4, -0.2) is 43.4 Å². The van der Waals surface area contributed by atoms with Gasteiger partial charge in [-0.1, -0.05) is 35.3 Å². The van der Waals surface area contributed by atoms with Crippen molar-refractivity contribution < 1.29 is 18.3 Å². The van der Waals surface area contributed by atoms with E-state index in [0.29, 0.717) is 24.4 Å². The Bertz CT molecular complexity index is 1420. The molecule has 3 aromatic carbocycles. The molecular formula is C24H24Cl2N4O4S. The van der Waals surface area contributed by atoms with Crippen molar-refractivity contribution in [2.75, 3.05) is 24.4 Å². The van der Waals surface area contributed by atoms with Crippen LogP contribution in [0.25, 0.3) is 10.9 Å². The summed E-state index contributed by atoms with van der Waals surface area (Å²) in [5, 5.41) is 22.3. The Labute approximate surface area is 213 Å². The second-order valence-corrected chi connectivity index (χ2v) is 10.5. The van der Waals surface area contributed by atoms with Gasteiger partial charge in [-0.05, 0) is 55.0 Å². The molecule has 0 spiro atoms. The Kier molecular flexibility index (Phi) is 7.83. The Balaban J connectivity index is 1.29. The fraction of sp³-hybridized carbons (Fsp3) is 0.208. The first-order chi connectivity index (χ1) is 16.7. The topological polar surface area (TPSA) is 116 Å². The van der Waals surface area contributed by atoms with Gasteiger partial charge in [-0.3, -0.25) is 9.82 Å². The lowest BCUT2D eigenvalue weighted by atomic mass is 10.1. The summed E-state index contributed by atoms with van der Waals surface area (Å²) in [6, 6.07) is 16.4. The van der Waals surface area contributed by atoms with Crippen LogP contribution in [-0.2, 0) is 10.0 Å². The van der Waals surface area contributed by atoms with Gasteiger partial charge in [0.05, 0.1) is 22.2 Å². The van der Waals surface area contributed by atoms with Crippen molar-refractivity contribution in [2.45, 2.75) is 17.9 Å². The van der Waals surface area contributed by atoms with Crippen LogP contribution >= 0.6 is 23.2 Å². The van der Waals surface area contributed by atoms with Crippen LogP contribution in [0.15, 0.2) is 65.6 Å². The molecule has 4 N–H and O–H groups in total. The minimum absolute atomic E-state index is 0.0515. The quantitative estimate of drug-likeness (QED) is 0.219. The molecule has 0 aliphatic heterocycles. The van der Waals surface area contributed by atoms with E-state index in [2.05, 4.69) is 20.2 Å². The van der Waals surface area contributed by atoms with Crippen LogP contribution in [0.5, 0.6) is 5.75 Å². The number of sulfonamides is 1. The molecule has 0 saturated heterocycles. The van der Waals surface area contributed by atoms with E-state index in [1.807, 2.05) is 25.1 Å². The lowest BCUT2D eigenvalue weighted by molar-refractivity contribution is 0.172. The number of H-pyrrole nitrogens is 1. The molecule has 4 aromatic rings. The maximum Gasteiger partial charge on any atom is 0.261 e. The van der Waals surface area contributed by atoms with Gasteiger partial charge in [0.15, 0.2) is 0 Å². The first-order valence-electron chi connectivity index (χ1n) is 10.8.